The van der Waals surface area contributed by atoms with Crippen molar-refractivity contribution in [3.05, 3.63) is 17.2 Å². The first kappa shape index (κ1) is 13.9. The minimum absolute atomic E-state index is 0.131. The molecule has 0 radical (unpaired) electrons. The zero-order valence-corrected chi connectivity index (χ0v) is 12.6. The van der Waals surface area contributed by atoms with Crippen LogP contribution in [0.25, 0.3) is 0 Å². The van der Waals surface area contributed by atoms with Gasteiger partial charge in [-0.25, -0.2) is 13.4 Å². The lowest BCUT2D eigenvalue weighted by atomic mass is 9.91. The maximum absolute atomic E-state index is 11.4. The van der Waals surface area contributed by atoms with E-state index in [2.05, 4.69) is 4.98 Å². The molecule has 1 aliphatic heterocycles. The van der Waals surface area contributed by atoms with Crippen LogP contribution in [0.5, 0.6) is 0 Å². The van der Waals surface area contributed by atoms with Crippen LogP contribution in [-0.2, 0) is 33.2 Å². The average molecular weight is 291 g/mol. The summed E-state index contributed by atoms with van der Waals surface area (Å²) in [6.07, 6.45) is 3.11. The van der Waals surface area contributed by atoms with Gasteiger partial charge in [0, 0.05) is 29.1 Å². The van der Waals surface area contributed by atoms with Gasteiger partial charge in [0.1, 0.15) is 11.6 Å². The molecule has 0 fully saturated rings. The minimum Gasteiger partial charge on any atom is -0.331 e. The molecule has 4 nitrogen and oxygen atoms in total. The molecule has 0 aromatic carbocycles. The van der Waals surface area contributed by atoms with Crippen molar-refractivity contribution >= 4 is 19.7 Å². The molecule has 1 aromatic rings. The van der Waals surface area contributed by atoms with E-state index < -0.39 is 9.05 Å². The smallest absolute Gasteiger partial charge is 0.238 e. The van der Waals surface area contributed by atoms with Gasteiger partial charge in [0.15, 0.2) is 0 Å². The van der Waals surface area contributed by atoms with Crippen LogP contribution in [0, 0.1) is 0 Å². The van der Waals surface area contributed by atoms with E-state index in [9.17, 15) is 8.42 Å². The maximum atomic E-state index is 11.4. The number of hydrogen-bond acceptors (Lipinski definition) is 3. The van der Waals surface area contributed by atoms with Crippen LogP contribution in [-0.4, -0.2) is 18.0 Å². The summed E-state index contributed by atoms with van der Waals surface area (Å²) in [4.78, 5) is 4.65. The molecule has 0 unspecified atom stereocenters. The number of imidazole rings is 1. The third-order valence-electron chi connectivity index (χ3n) is 3.20. The molecule has 1 aliphatic rings. The van der Waals surface area contributed by atoms with Crippen molar-refractivity contribution in [3.8, 4) is 0 Å². The monoisotopic (exact) mass is 290 g/mol. The molecule has 2 heterocycles. The SMILES string of the molecule is CC(C)(C)c1nc2n(c1CS(=O)(=O)Cl)CCCC2. The van der Waals surface area contributed by atoms with Gasteiger partial charge in [0.2, 0.25) is 9.05 Å². The molecule has 0 spiro atoms. The van der Waals surface area contributed by atoms with Gasteiger partial charge < -0.3 is 4.57 Å². The van der Waals surface area contributed by atoms with Crippen LogP contribution < -0.4 is 0 Å². The molecular formula is C12H19ClN2O2S. The zero-order valence-electron chi connectivity index (χ0n) is 11.0. The third kappa shape index (κ3) is 2.88. The summed E-state index contributed by atoms with van der Waals surface area (Å²) in [5.74, 6) is 0.871. The lowest BCUT2D eigenvalue weighted by Gasteiger charge is -2.19. The largest absolute Gasteiger partial charge is 0.331 e. The summed E-state index contributed by atoms with van der Waals surface area (Å²) in [5.41, 5.74) is 1.47. The Morgan fingerprint density at radius 2 is 2.00 bits per heavy atom. The van der Waals surface area contributed by atoms with Crippen molar-refractivity contribution in [1.29, 1.82) is 0 Å². The number of hydrogen-bond donors (Lipinski definition) is 0. The number of rotatable bonds is 2. The second-order valence-electron chi connectivity index (χ2n) is 5.87. The molecule has 1 aromatic heterocycles. The maximum Gasteiger partial charge on any atom is 0.238 e. The predicted molar refractivity (Wildman–Crippen MR) is 72.3 cm³/mol. The van der Waals surface area contributed by atoms with Crippen LogP contribution in [0.2, 0.25) is 0 Å². The minimum atomic E-state index is -3.55. The topological polar surface area (TPSA) is 52.0 Å². The Balaban J connectivity index is 2.56. The van der Waals surface area contributed by atoms with E-state index in [1.807, 2.05) is 25.3 Å². The van der Waals surface area contributed by atoms with Gasteiger partial charge in [-0.3, -0.25) is 0 Å². The second-order valence-corrected chi connectivity index (χ2v) is 8.64. The molecular weight excluding hydrogens is 272 g/mol. The molecule has 0 saturated heterocycles. The van der Waals surface area contributed by atoms with Gasteiger partial charge >= 0.3 is 0 Å². The summed E-state index contributed by atoms with van der Waals surface area (Å²) in [6.45, 7) is 6.99. The predicted octanol–water partition coefficient (Wildman–Crippen LogP) is 2.59. The lowest BCUT2D eigenvalue weighted by Crippen LogP contribution is -2.18. The van der Waals surface area contributed by atoms with Crippen LogP contribution in [0.3, 0.4) is 0 Å². The Labute approximate surface area is 113 Å². The van der Waals surface area contributed by atoms with Gasteiger partial charge in [-0.1, -0.05) is 20.8 Å². The lowest BCUT2D eigenvalue weighted by molar-refractivity contribution is 0.511. The van der Waals surface area contributed by atoms with Crippen molar-refractivity contribution in [1.82, 2.24) is 9.55 Å². The summed E-state index contributed by atoms with van der Waals surface area (Å²) in [5, 5.41) is 0. The Kier molecular flexibility index (Phi) is 3.49. The molecule has 2 rings (SSSR count). The van der Waals surface area contributed by atoms with Crippen molar-refractivity contribution in [2.75, 3.05) is 0 Å². The number of aromatic nitrogens is 2. The summed E-state index contributed by atoms with van der Waals surface area (Å²) >= 11 is 0. The first-order valence-corrected chi connectivity index (χ1v) is 8.67. The summed E-state index contributed by atoms with van der Waals surface area (Å²) in [6, 6.07) is 0. The van der Waals surface area contributed by atoms with Crippen molar-refractivity contribution in [2.24, 2.45) is 0 Å². The van der Waals surface area contributed by atoms with E-state index in [0.29, 0.717) is 0 Å². The molecule has 0 saturated carbocycles. The number of halogens is 1. The second kappa shape index (κ2) is 4.53. The Morgan fingerprint density at radius 3 is 2.56 bits per heavy atom. The number of fused-ring (bicyclic) bond motifs is 1. The van der Waals surface area contributed by atoms with Gasteiger partial charge in [-0.15, -0.1) is 0 Å². The van der Waals surface area contributed by atoms with Gasteiger partial charge in [0.25, 0.3) is 0 Å². The molecule has 18 heavy (non-hydrogen) atoms. The quantitative estimate of drug-likeness (QED) is 0.787. The molecule has 0 N–H and O–H groups in total. The first-order chi connectivity index (χ1) is 8.18. The Morgan fingerprint density at radius 1 is 1.33 bits per heavy atom. The highest BCUT2D eigenvalue weighted by Crippen LogP contribution is 2.30. The van der Waals surface area contributed by atoms with Gasteiger partial charge in [0.05, 0.1) is 11.4 Å². The number of aryl methyl sites for hydroxylation is 1. The van der Waals surface area contributed by atoms with Crippen molar-refractivity contribution in [2.45, 2.75) is 57.7 Å². The summed E-state index contributed by atoms with van der Waals surface area (Å²) in [7, 11) is 1.87. The molecule has 102 valence electrons. The van der Waals surface area contributed by atoms with Crippen LogP contribution >= 0.6 is 10.7 Å². The molecule has 0 amide bonds. The highest BCUT2D eigenvalue weighted by molar-refractivity contribution is 8.13. The number of nitrogens with zero attached hydrogens (tertiary/aromatic N) is 2. The molecule has 0 aliphatic carbocycles. The third-order valence-corrected chi connectivity index (χ3v) is 4.15. The highest BCUT2D eigenvalue weighted by atomic mass is 35.7. The van der Waals surface area contributed by atoms with Crippen LogP contribution in [0.15, 0.2) is 0 Å². The van der Waals surface area contributed by atoms with Gasteiger partial charge in [-0.2, -0.15) is 0 Å². The fraction of sp³-hybridized carbons (Fsp3) is 0.750. The first-order valence-electron chi connectivity index (χ1n) is 6.19. The van der Waals surface area contributed by atoms with E-state index in [4.69, 9.17) is 10.7 Å². The standard InChI is InChI=1S/C12H19ClN2O2S/c1-12(2,3)11-9(8-18(13,16)17)15-7-5-4-6-10(15)14-11/h4-8H2,1-3H3. The normalized spacial score (nSPS) is 16.7. The zero-order chi connectivity index (χ0) is 13.6. The summed E-state index contributed by atoms with van der Waals surface area (Å²) < 4.78 is 24.8. The van der Waals surface area contributed by atoms with Crippen molar-refractivity contribution < 1.29 is 8.42 Å². The van der Waals surface area contributed by atoms with E-state index >= 15 is 0 Å². The van der Waals surface area contributed by atoms with E-state index in [-0.39, 0.29) is 11.2 Å². The fourth-order valence-corrected chi connectivity index (χ4v) is 3.38. The van der Waals surface area contributed by atoms with E-state index in [0.717, 1.165) is 43.0 Å². The van der Waals surface area contributed by atoms with E-state index in [1.54, 1.807) is 0 Å². The fourth-order valence-electron chi connectivity index (χ4n) is 2.46. The highest BCUT2D eigenvalue weighted by Gasteiger charge is 2.29. The Bertz CT molecular complexity index is 555. The molecule has 0 atom stereocenters. The van der Waals surface area contributed by atoms with Gasteiger partial charge in [-0.05, 0) is 12.8 Å². The molecule has 0 bridgehead atoms. The molecule has 6 heteroatoms. The van der Waals surface area contributed by atoms with E-state index in [1.165, 1.54) is 0 Å². The van der Waals surface area contributed by atoms with Crippen LogP contribution in [0.1, 0.15) is 50.8 Å². The Hall–Kier alpha value is -0.550. The average Bonchev–Trinajstić information content (AvgIpc) is 2.55. The van der Waals surface area contributed by atoms with Crippen LogP contribution in [0.4, 0.5) is 0 Å². The van der Waals surface area contributed by atoms with Crippen molar-refractivity contribution in [3.63, 3.8) is 0 Å².